The van der Waals surface area contributed by atoms with E-state index >= 15 is 0 Å². The van der Waals surface area contributed by atoms with E-state index in [0.717, 1.165) is 22.1 Å². The van der Waals surface area contributed by atoms with E-state index in [1.165, 1.54) is 0 Å². The molecule has 0 saturated carbocycles. The zero-order valence-electron chi connectivity index (χ0n) is 12.9. The summed E-state index contributed by atoms with van der Waals surface area (Å²) in [7, 11) is 1.64. The van der Waals surface area contributed by atoms with E-state index in [2.05, 4.69) is 34.5 Å². The molecule has 0 atom stereocenters. The van der Waals surface area contributed by atoms with Crippen LogP contribution in [0.3, 0.4) is 0 Å². The number of halogens is 1. The topological polar surface area (TPSA) is 72.5 Å². The summed E-state index contributed by atoms with van der Waals surface area (Å²) >= 11 is 1.61. The number of benzene rings is 1. The third-order valence-corrected chi connectivity index (χ3v) is 3.76. The lowest BCUT2D eigenvalue weighted by molar-refractivity contribution is 0.415. The first-order valence-corrected chi connectivity index (χ1v) is 7.61. The number of hydrogen-bond acceptors (Lipinski definition) is 4. The summed E-state index contributed by atoms with van der Waals surface area (Å²) in [6.45, 7) is 4.75. The number of thiazole rings is 1. The number of ether oxygens (including phenoxy) is 1. The Balaban J connectivity index is 0.00000242. The van der Waals surface area contributed by atoms with Crippen molar-refractivity contribution in [1.82, 2.24) is 4.98 Å². The van der Waals surface area contributed by atoms with Crippen molar-refractivity contribution in [3.63, 3.8) is 0 Å². The molecule has 0 fully saturated rings. The maximum Gasteiger partial charge on any atom is 0.193 e. The average Bonchev–Trinajstić information content (AvgIpc) is 2.95. The molecule has 0 amide bonds. The second kappa shape index (κ2) is 8.94. The molecule has 3 N–H and O–H groups in total. The van der Waals surface area contributed by atoms with Crippen LogP contribution >= 0.6 is 35.3 Å². The molecule has 1 heterocycles. The van der Waals surface area contributed by atoms with Crippen molar-refractivity contribution in [1.29, 1.82) is 0 Å². The van der Waals surface area contributed by atoms with E-state index in [1.54, 1.807) is 18.4 Å². The van der Waals surface area contributed by atoms with Crippen LogP contribution in [0.5, 0.6) is 5.75 Å². The van der Waals surface area contributed by atoms with Crippen LogP contribution in [0.15, 0.2) is 34.6 Å². The van der Waals surface area contributed by atoms with Gasteiger partial charge in [-0.15, -0.1) is 35.3 Å². The minimum Gasteiger partial charge on any atom is -0.497 e. The van der Waals surface area contributed by atoms with Gasteiger partial charge >= 0.3 is 0 Å². The summed E-state index contributed by atoms with van der Waals surface area (Å²) in [6, 6.07) is 7.51. The zero-order valence-corrected chi connectivity index (χ0v) is 16.0. The van der Waals surface area contributed by atoms with Gasteiger partial charge in [-0.25, -0.2) is 9.98 Å². The molecule has 2 rings (SSSR count). The molecule has 0 unspecified atom stereocenters. The van der Waals surface area contributed by atoms with Crippen molar-refractivity contribution in [2.75, 3.05) is 12.4 Å². The highest BCUT2D eigenvalue weighted by atomic mass is 127. The predicted molar refractivity (Wildman–Crippen MR) is 104 cm³/mol. The third kappa shape index (κ3) is 5.45. The maximum atomic E-state index is 5.88. The largest absolute Gasteiger partial charge is 0.497 e. The molecule has 0 aliphatic carbocycles. The van der Waals surface area contributed by atoms with Gasteiger partial charge < -0.3 is 15.8 Å². The Morgan fingerprint density at radius 2 is 2.05 bits per heavy atom. The fourth-order valence-corrected chi connectivity index (χ4v) is 2.56. The van der Waals surface area contributed by atoms with E-state index in [-0.39, 0.29) is 24.0 Å². The number of nitrogens with two attached hydrogens (primary N) is 1. The lowest BCUT2D eigenvalue weighted by atomic mass is 10.2. The number of hydrogen-bond donors (Lipinski definition) is 2. The average molecular weight is 432 g/mol. The molecular weight excluding hydrogens is 411 g/mol. The molecule has 2 aromatic rings. The van der Waals surface area contributed by atoms with E-state index < -0.39 is 0 Å². The highest BCUT2D eigenvalue weighted by Gasteiger charge is 2.05. The predicted octanol–water partition coefficient (Wildman–Crippen LogP) is 3.82. The van der Waals surface area contributed by atoms with E-state index in [4.69, 9.17) is 10.5 Å². The molecule has 0 radical (unpaired) electrons. The second-order valence-corrected chi connectivity index (χ2v) is 5.82. The molecule has 5 nitrogen and oxygen atoms in total. The Labute approximate surface area is 152 Å². The van der Waals surface area contributed by atoms with Crippen molar-refractivity contribution in [2.45, 2.75) is 26.3 Å². The van der Waals surface area contributed by atoms with Gasteiger partial charge in [0.2, 0.25) is 0 Å². The fourth-order valence-electron chi connectivity index (χ4n) is 1.68. The van der Waals surface area contributed by atoms with Crippen molar-refractivity contribution >= 4 is 47.0 Å². The fraction of sp³-hybridized carbons (Fsp3) is 0.333. The Bertz CT molecular complexity index is 610. The van der Waals surface area contributed by atoms with E-state index in [9.17, 15) is 0 Å². The van der Waals surface area contributed by atoms with Gasteiger partial charge in [0, 0.05) is 11.1 Å². The molecule has 0 aliphatic heterocycles. The summed E-state index contributed by atoms with van der Waals surface area (Å²) in [6.07, 6.45) is 0. The Kier molecular flexibility index (Phi) is 7.60. The summed E-state index contributed by atoms with van der Waals surface area (Å²) < 4.78 is 5.10. The normalized spacial score (nSPS) is 11.2. The van der Waals surface area contributed by atoms with Gasteiger partial charge in [-0.1, -0.05) is 13.8 Å². The first kappa shape index (κ1) is 18.7. The highest BCUT2D eigenvalue weighted by Crippen LogP contribution is 2.18. The minimum absolute atomic E-state index is 0. The molecule has 0 spiro atoms. The van der Waals surface area contributed by atoms with Crippen LogP contribution < -0.4 is 15.8 Å². The van der Waals surface area contributed by atoms with Gasteiger partial charge in [-0.3, -0.25) is 0 Å². The SMILES string of the molecule is COc1ccc(NC(N)=NCc2nc(C(C)C)cs2)cc1.I. The molecule has 7 heteroatoms. The molecule has 0 saturated heterocycles. The molecule has 1 aromatic carbocycles. The van der Waals surface area contributed by atoms with Crippen molar-refractivity contribution in [3.05, 3.63) is 40.3 Å². The monoisotopic (exact) mass is 432 g/mol. The first-order chi connectivity index (χ1) is 10.1. The van der Waals surface area contributed by atoms with Gasteiger partial charge in [0.05, 0.1) is 19.3 Å². The number of nitrogens with zero attached hydrogens (tertiary/aromatic N) is 2. The number of aromatic nitrogens is 1. The van der Waals surface area contributed by atoms with E-state index in [1.807, 2.05) is 24.3 Å². The smallest absolute Gasteiger partial charge is 0.193 e. The first-order valence-electron chi connectivity index (χ1n) is 6.73. The molecule has 0 aliphatic rings. The number of methoxy groups -OCH3 is 1. The highest BCUT2D eigenvalue weighted by molar-refractivity contribution is 14.0. The van der Waals surface area contributed by atoms with Crippen LogP contribution in [-0.4, -0.2) is 18.1 Å². The molecule has 1 aromatic heterocycles. The van der Waals surface area contributed by atoms with Crippen LogP contribution in [0, 0.1) is 0 Å². The molecule has 22 heavy (non-hydrogen) atoms. The lowest BCUT2D eigenvalue weighted by Gasteiger charge is -2.06. The summed E-state index contributed by atoms with van der Waals surface area (Å²) in [5, 5.41) is 6.08. The summed E-state index contributed by atoms with van der Waals surface area (Å²) in [4.78, 5) is 8.83. The lowest BCUT2D eigenvalue weighted by Crippen LogP contribution is -2.22. The Hall–Kier alpha value is -1.35. The van der Waals surface area contributed by atoms with Crippen LogP contribution in [0.25, 0.3) is 0 Å². The third-order valence-electron chi connectivity index (χ3n) is 2.91. The molecule has 120 valence electrons. The molecular formula is C15H21IN4OS. The standard InChI is InChI=1S/C15H20N4OS.HI/c1-10(2)13-9-21-14(19-13)8-17-15(16)18-11-4-6-12(20-3)7-5-11;/h4-7,9-10H,8H2,1-3H3,(H3,16,17,18);1H. The van der Waals surface area contributed by atoms with Crippen LogP contribution in [0.4, 0.5) is 5.69 Å². The summed E-state index contributed by atoms with van der Waals surface area (Å²) in [5.41, 5.74) is 7.85. The number of nitrogens with one attached hydrogen (secondary N) is 1. The number of anilines is 1. The number of aliphatic imine (C=N–C) groups is 1. The van der Waals surface area contributed by atoms with Gasteiger partial charge in [-0.05, 0) is 30.2 Å². The van der Waals surface area contributed by atoms with Gasteiger partial charge in [0.15, 0.2) is 5.96 Å². The second-order valence-electron chi connectivity index (χ2n) is 4.88. The quantitative estimate of drug-likeness (QED) is 0.428. The van der Waals surface area contributed by atoms with Crippen molar-refractivity contribution in [3.8, 4) is 5.75 Å². The molecule has 0 bridgehead atoms. The number of rotatable bonds is 5. The number of guanidine groups is 1. The van der Waals surface area contributed by atoms with Crippen molar-refractivity contribution < 1.29 is 4.74 Å². The van der Waals surface area contributed by atoms with Gasteiger partial charge in [0.25, 0.3) is 0 Å². The minimum atomic E-state index is 0. The maximum absolute atomic E-state index is 5.88. The Morgan fingerprint density at radius 1 is 1.36 bits per heavy atom. The van der Waals surface area contributed by atoms with Gasteiger partial charge in [-0.2, -0.15) is 0 Å². The van der Waals surface area contributed by atoms with E-state index in [0.29, 0.717) is 18.4 Å². The van der Waals surface area contributed by atoms with Crippen LogP contribution in [0.1, 0.15) is 30.5 Å². The van der Waals surface area contributed by atoms with Crippen molar-refractivity contribution in [2.24, 2.45) is 10.7 Å². The van der Waals surface area contributed by atoms with Crippen LogP contribution in [0.2, 0.25) is 0 Å². The Morgan fingerprint density at radius 3 is 2.59 bits per heavy atom. The van der Waals surface area contributed by atoms with Crippen LogP contribution in [-0.2, 0) is 6.54 Å². The zero-order chi connectivity index (χ0) is 15.2. The van der Waals surface area contributed by atoms with Gasteiger partial charge in [0.1, 0.15) is 10.8 Å². The summed E-state index contributed by atoms with van der Waals surface area (Å²) in [5.74, 6) is 1.62.